The van der Waals surface area contributed by atoms with Crippen molar-refractivity contribution in [3.63, 3.8) is 0 Å². The molecule has 2 saturated heterocycles. The number of carbonyl (C=O) groups is 1. The van der Waals surface area contributed by atoms with Gasteiger partial charge in [-0.3, -0.25) is 4.79 Å². The van der Waals surface area contributed by atoms with Crippen molar-refractivity contribution in [2.24, 2.45) is 11.7 Å². The van der Waals surface area contributed by atoms with Gasteiger partial charge in [-0.25, -0.2) is 0 Å². The predicted octanol–water partition coefficient (Wildman–Crippen LogP) is 1.33. The van der Waals surface area contributed by atoms with Crippen molar-refractivity contribution in [3.8, 4) is 0 Å². The van der Waals surface area contributed by atoms with Gasteiger partial charge in [0.2, 0.25) is 5.91 Å². The predicted molar refractivity (Wildman–Crippen MR) is 69.0 cm³/mol. The van der Waals surface area contributed by atoms with Gasteiger partial charge in [0.05, 0.1) is 18.2 Å². The molecule has 0 aromatic heterocycles. The van der Waals surface area contributed by atoms with Crippen LogP contribution >= 0.6 is 0 Å². The highest BCUT2D eigenvalue weighted by Crippen LogP contribution is 2.34. The van der Waals surface area contributed by atoms with Crippen LogP contribution in [0.25, 0.3) is 0 Å². The number of hydrogen-bond donors (Lipinski definition) is 2. The van der Waals surface area contributed by atoms with Crippen LogP contribution in [0.3, 0.4) is 0 Å². The van der Waals surface area contributed by atoms with Gasteiger partial charge in [-0.2, -0.15) is 0 Å². The second-order valence-electron chi connectivity index (χ2n) is 6.27. The van der Waals surface area contributed by atoms with Crippen molar-refractivity contribution in [1.82, 2.24) is 5.32 Å². The van der Waals surface area contributed by atoms with Crippen molar-refractivity contribution < 1.29 is 9.53 Å². The van der Waals surface area contributed by atoms with Crippen molar-refractivity contribution in [3.05, 3.63) is 0 Å². The maximum Gasteiger partial charge on any atom is 0.220 e. The number of nitrogens with one attached hydrogen (secondary N) is 1. The van der Waals surface area contributed by atoms with E-state index in [9.17, 15) is 4.79 Å². The van der Waals surface area contributed by atoms with E-state index in [0.29, 0.717) is 30.6 Å². The van der Waals surface area contributed by atoms with E-state index in [4.69, 9.17) is 10.5 Å². The van der Waals surface area contributed by atoms with Crippen LogP contribution < -0.4 is 11.1 Å². The van der Waals surface area contributed by atoms with Crippen LogP contribution in [0.15, 0.2) is 0 Å². The zero-order valence-corrected chi connectivity index (χ0v) is 10.9. The van der Waals surface area contributed by atoms with E-state index in [1.165, 1.54) is 6.42 Å². The summed E-state index contributed by atoms with van der Waals surface area (Å²) in [6.45, 7) is 0. The number of carbonyl (C=O) groups excluding carboxylic acids is 1. The van der Waals surface area contributed by atoms with Crippen LogP contribution in [0.2, 0.25) is 0 Å². The molecule has 102 valence electrons. The average Bonchev–Trinajstić information content (AvgIpc) is 2.94. The van der Waals surface area contributed by atoms with Crippen LogP contribution in [0.5, 0.6) is 0 Å². The van der Waals surface area contributed by atoms with Gasteiger partial charge in [0.15, 0.2) is 0 Å². The SMILES string of the molecule is NC1CCC(CC(=O)NC2CC3CCC2O3)CC1. The fourth-order valence-electron chi connectivity index (χ4n) is 3.71. The van der Waals surface area contributed by atoms with Crippen LogP contribution in [-0.2, 0) is 9.53 Å². The zero-order chi connectivity index (χ0) is 12.5. The van der Waals surface area contributed by atoms with E-state index in [1.54, 1.807) is 0 Å². The number of nitrogens with two attached hydrogens (primary N) is 1. The Balaban J connectivity index is 1.42. The summed E-state index contributed by atoms with van der Waals surface area (Å²) >= 11 is 0. The van der Waals surface area contributed by atoms with Crippen molar-refractivity contribution in [2.75, 3.05) is 0 Å². The van der Waals surface area contributed by atoms with Crippen molar-refractivity contribution in [2.45, 2.75) is 75.7 Å². The lowest BCUT2D eigenvalue weighted by atomic mass is 9.84. The van der Waals surface area contributed by atoms with Gasteiger partial charge >= 0.3 is 0 Å². The molecule has 0 spiro atoms. The Morgan fingerprint density at radius 1 is 1.17 bits per heavy atom. The first-order valence-corrected chi connectivity index (χ1v) is 7.41. The summed E-state index contributed by atoms with van der Waals surface area (Å²) < 4.78 is 5.76. The van der Waals surface area contributed by atoms with Gasteiger partial charge in [0, 0.05) is 12.5 Å². The van der Waals surface area contributed by atoms with Gasteiger partial charge in [-0.05, 0) is 50.9 Å². The standard InChI is InChI=1S/C14H24N2O2/c15-10-3-1-9(2-4-10)7-14(17)16-12-8-11-5-6-13(12)18-11/h9-13H,1-8,15H2,(H,16,17). The fourth-order valence-corrected chi connectivity index (χ4v) is 3.71. The zero-order valence-electron chi connectivity index (χ0n) is 10.9. The Hall–Kier alpha value is -0.610. The Morgan fingerprint density at radius 3 is 2.56 bits per heavy atom. The summed E-state index contributed by atoms with van der Waals surface area (Å²) in [6.07, 6.45) is 9.08. The number of ether oxygens (including phenoxy) is 1. The van der Waals surface area contributed by atoms with Crippen LogP contribution in [0.4, 0.5) is 0 Å². The molecule has 2 heterocycles. The molecule has 3 rings (SSSR count). The van der Waals surface area contributed by atoms with Crippen LogP contribution in [-0.4, -0.2) is 30.2 Å². The maximum atomic E-state index is 12.0. The molecular formula is C14H24N2O2. The van der Waals surface area contributed by atoms with Crippen LogP contribution in [0.1, 0.15) is 51.4 Å². The minimum Gasteiger partial charge on any atom is -0.373 e. The van der Waals surface area contributed by atoms with Gasteiger partial charge in [-0.1, -0.05) is 0 Å². The van der Waals surface area contributed by atoms with Crippen LogP contribution in [0, 0.1) is 5.92 Å². The molecule has 18 heavy (non-hydrogen) atoms. The Kier molecular flexibility index (Phi) is 3.57. The summed E-state index contributed by atoms with van der Waals surface area (Å²) in [4.78, 5) is 12.0. The van der Waals surface area contributed by atoms with Gasteiger partial charge < -0.3 is 15.8 Å². The Labute approximate surface area is 109 Å². The molecule has 3 aliphatic rings. The summed E-state index contributed by atoms with van der Waals surface area (Å²) in [6, 6.07) is 0.644. The summed E-state index contributed by atoms with van der Waals surface area (Å²) in [5, 5.41) is 3.17. The summed E-state index contributed by atoms with van der Waals surface area (Å²) in [5.74, 6) is 0.765. The maximum absolute atomic E-state index is 12.0. The van der Waals surface area contributed by atoms with Crippen molar-refractivity contribution in [1.29, 1.82) is 0 Å². The molecule has 1 saturated carbocycles. The number of hydrogen-bond acceptors (Lipinski definition) is 3. The molecule has 1 amide bonds. The highest BCUT2D eigenvalue weighted by Gasteiger charge is 2.41. The summed E-state index contributed by atoms with van der Waals surface area (Å²) in [5.41, 5.74) is 5.88. The lowest BCUT2D eigenvalue weighted by molar-refractivity contribution is -0.123. The molecule has 0 aromatic rings. The molecule has 1 aliphatic carbocycles. The molecule has 3 N–H and O–H groups in total. The molecule has 0 radical (unpaired) electrons. The van der Waals surface area contributed by atoms with E-state index in [-0.39, 0.29) is 11.9 Å². The van der Waals surface area contributed by atoms with E-state index in [1.807, 2.05) is 0 Å². The largest absolute Gasteiger partial charge is 0.373 e. The van der Waals surface area contributed by atoms with E-state index in [0.717, 1.165) is 38.5 Å². The van der Waals surface area contributed by atoms with Crippen molar-refractivity contribution >= 4 is 5.91 Å². The number of fused-ring (bicyclic) bond motifs is 2. The second-order valence-corrected chi connectivity index (χ2v) is 6.27. The first kappa shape index (κ1) is 12.4. The second kappa shape index (κ2) is 5.17. The van der Waals surface area contributed by atoms with Gasteiger partial charge in [-0.15, -0.1) is 0 Å². The quantitative estimate of drug-likeness (QED) is 0.796. The molecule has 3 fully saturated rings. The summed E-state index contributed by atoms with van der Waals surface area (Å²) in [7, 11) is 0. The van der Waals surface area contributed by atoms with E-state index in [2.05, 4.69) is 5.32 Å². The molecule has 3 unspecified atom stereocenters. The average molecular weight is 252 g/mol. The Morgan fingerprint density at radius 2 is 1.94 bits per heavy atom. The van der Waals surface area contributed by atoms with Gasteiger partial charge in [0.1, 0.15) is 0 Å². The molecule has 2 aliphatic heterocycles. The molecule has 4 heteroatoms. The molecule has 2 bridgehead atoms. The normalized spacial score (nSPS) is 43.1. The monoisotopic (exact) mass is 252 g/mol. The van der Waals surface area contributed by atoms with E-state index < -0.39 is 0 Å². The third-order valence-electron chi connectivity index (χ3n) is 4.82. The molecular weight excluding hydrogens is 228 g/mol. The number of rotatable bonds is 3. The number of amides is 1. The molecule has 3 atom stereocenters. The lowest BCUT2D eigenvalue weighted by Gasteiger charge is -2.27. The minimum atomic E-state index is 0.219. The smallest absolute Gasteiger partial charge is 0.220 e. The van der Waals surface area contributed by atoms with E-state index >= 15 is 0 Å². The molecule has 0 aromatic carbocycles. The highest BCUT2D eigenvalue weighted by atomic mass is 16.5. The topological polar surface area (TPSA) is 64.4 Å². The highest BCUT2D eigenvalue weighted by molar-refractivity contribution is 5.76. The minimum absolute atomic E-state index is 0.219. The fraction of sp³-hybridized carbons (Fsp3) is 0.929. The first-order chi connectivity index (χ1) is 8.70. The Bertz CT molecular complexity index is 313. The third-order valence-corrected chi connectivity index (χ3v) is 4.82. The lowest BCUT2D eigenvalue weighted by Crippen LogP contribution is -2.42. The molecule has 4 nitrogen and oxygen atoms in total. The first-order valence-electron chi connectivity index (χ1n) is 7.41. The third kappa shape index (κ3) is 2.69. The van der Waals surface area contributed by atoms with Gasteiger partial charge in [0.25, 0.3) is 0 Å².